The van der Waals surface area contributed by atoms with Crippen LogP contribution in [0.2, 0.25) is 0 Å². The third kappa shape index (κ3) is 4.18. The first-order valence-electron chi connectivity index (χ1n) is 6.42. The van der Waals surface area contributed by atoms with Crippen LogP contribution in [0.3, 0.4) is 0 Å². The van der Waals surface area contributed by atoms with Gasteiger partial charge in [0.25, 0.3) is 0 Å². The van der Waals surface area contributed by atoms with Crippen molar-refractivity contribution in [3.05, 3.63) is 11.6 Å². The maximum atomic E-state index is 9.38. The molecule has 0 fully saturated rings. The lowest BCUT2D eigenvalue weighted by atomic mass is 9.66. The van der Waals surface area contributed by atoms with Crippen LogP contribution in [0, 0.1) is 16.7 Å². The normalized spacial score (nSPS) is 14.1. The summed E-state index contributed by atoms with van der Waals surface area (Å²) in [6.07, 6.45) is 3.12. The average Bonchev–Trinajstić information content (AvgIpc) is 2.14. The zero-order valence-electron chi connectivity index (χ0n) is 12.8. The molecule has 17 heavy (non-hydrogen) atoms. The van der Waals surface area contributed by atoms with Crippen LogP contribution in [-0.4, -0.2) is 10.9 Å². The Hall–Kier alpha value is -0.790. The molecule has 0 atom stereocenters. The topological polar surface area (TPSA) is 32.6 Å². The minimum absolute atomic E-state index is 0.0895. The Morgan fingerprint density at radius 1 is 1.18 bits per heavy atom. The van der Waals surface area contributed by atoms with Crippen LogP contribution >= 0.6 is 0 Å². The molecule has 0 unspecified atom stereocenters. The Balaban J connectivity index is 5.21. The van der Waals surface area contributed by atoms with Gasteiger partial charge in [-0.25, -0.2) is 0 Å². The molecule has 0 bridgehead atoms. The Morgan fingerprint density at radius 3 is 1.94 bits per heavy atom. The third-order valence-electron chi connectivity index (χ3n) is 3.82. The highest BCUT2D eigenvalue weighted by molar-refractivity contribution is 5.94. The van der Waals surface area contributed by atoms with Crippen LogP contribution in [0.25, 0.3) is 0 Å². The van der Waals surface area contributed by atoms with Gasteiger partial charge in [-0.2, -0.15) is 0 Å². The molecule has 0 heterocycles. The zero-order chi connectivity index (χ0) is 13.9. The highest BCUT2D eigenvalue weighted by Gasteiger charge is 2.38. The van der Waals surface area contributed by atoms with Crippen LogP contribution in [0.4, 0.5) is 0 Å². The number of oxime groups is 1. The van der Waals surface area contributed by atoms with E-state index in [1.165, 1.54) is 5.57 Å². The van der Waals surface area contributed by atoms with Gasteiger partial charge in [-0.15, -0.1) is 0 Å². The molecular weight excluding hydrogens is 210 g/mol. The van der Waals surface area contributed by atoms with E-state index in [1.54, 1.807) is 0 Å². The van der Waals surface area contributed by atoms with Crippen molar-refractivity contribution in [1.29, 1.82) is 0 Å². The van der Waals surface area contributed by atoms with E-state index < -0.39 is 0 Å². The number of hydrogen-bond donors (Lipinski definition) is 1. The van der Waals surface area contributed by atoms with E-state index in [1.807, 2.05) is 0 Å². The Labute approximate surface area is 107 Å². The van der Waals surface area contributed by atoms with Crippen molar-refractivity contribution in [1.82, 2.24) is 0 Å². The molecule has 2 nitrogen and oxygen atoms in total. The summed E-state index contributed by atoms with van der Waals surface area (Å²) in [5, 5.41) is 13.0. The van der Waals surface area contributed by atoms with Gasteiger partial charge in [0.05, 0.1) is 5.71 Å². The smallest absolute Gasteiger partial charge is 0.0688 e. The van der Waals surface area contributed by atoms with Crippen molar-refractivity contribution in [2.75, 3.05) is 0 Å². The van der Waals surface area contributed by atoms with Crippen molar-refractivity contribution >= 4 is 5.71 Å². The number of rotatable bonds is 5. The molecule has 1 N–H and O–H groups in total. The fourth-order valence-corrected chi connectivity index (χ4v) is 1.97. The van der Waals surface area contributed by atoms with Crippen molar-refractivity contribution in [3.63, 3.8) is 0 Å². The van der Waals surface area contributed by atoms with Gasteiger partial charge in [0.1, 0.15) is 0 Å². The summed E-state index contributed by atoms with van der Waals surface area (Å²) in [6, 6.07) is 0. The van der Waals surface area contributed by atoms with Crippen LogP contribution in [0.1, 0.15) is 61.8 Å². The second-order valence-electron chi connectivity index (χ2n) is 6.69. The van der Waals surface area contributed by atoms with Gasteiger partial charge in [-0.3, -0.25) is 0 Å². The van der Waals surface area contributed by atoms with Gasteiger partial charge < -0.3 is 5.21 Å². The van der Waals surface area contributed by atoms with Gasteiger partial charge in [-0.1, -0.05) is 58.3 Å². The van der Waals surface area contributed by atoms with Crippen LogP contribution in [0.15, 0.2) is 16.8 Å². The highest BCUT2D eigenvalue weighted by atomic mass is 16.4. The molecule has 0 saturated heterocycles. The molecule has 100 valence electrons. The van der Waals surface area contributed by atoms with Crippen LogP contribution in [-0.2, 0) is 0 Å². The average molecular weight is 239 g/mol. The number of allylic oxidation sites excluding steroid dienone is 2. The van der Waals surface area contributed by atoms with Gasteiger partial charge in [0.2, 0.25) is 0 Å². The van der Waals surface area contributed by atoms with E-state index in [9.17, 15) is 5.21 Å². The molecule has 2 heteroatoms. The lowest BCUT2D eigenvalue weighted by molar-refractivity contribution is 0.267. The summed E-state index contributed by atoms with van der Waals surface area (Å²) in [5.74, 6) is 0.444. The van der Waals surface area contributed by atoms with Crippen molar-refractivity contribution in [2.24, 2.45) is 21.9 Å². The maximum absolute atomic E-state index is 9.38. The van der Waals surface area contributed by atoms with Gasteiger partial charge in [0.15, 0.2) is 0 Å². The largest absolute Gasteiger partial charge is 0.411 e. The first-order valence-corrected chi connectivity index (χ1v) is 6.42. The lowest BCUT2D eigenvalue weighted by Gasteiger charge is -2.38. The summed E-state index contributed by atoms with van der Waals surface area (Å²) in [4.78, 5) is 0. The van der Waals surface area contributed by atoms with E-state index in [4.69, 9.17) is 0 Å². The molecule has 0 aromatic heterocycles. The summed E-state index contributed by atoms with van der Waals surface area (Å²) >= 11 is 0. The fourth-order valence-electron chi connectivity index (χ4n) is 1.97. The molecule has 0 aliphatic carbocycles. The van der Waals surface area contributed by atoms with Crippen molar-refractivity contribution in [2.45, 2.75) is 61.8 Å². The molecule has 0 spiro atoms. The lowest BCUT2D eigenvalue weighted by Crippen LogP contribution is -2.40. The molecule has 0 amide bonds. The predicted molar refractivity (Wildman–Crippen MR) is 75.7 cm³/mol. The van der Waals surface area contributed by atoms with Crippen LogP contribution in [0.5, 0.6) is 0 Å². The summed E-state index contributed by atoms with van der Waals surface area (Å²) in [7, 11) is 0. The monoisotopic (exact) mass is 239 g/mol. The van der Waals surface area contributed by atoms with Gasteiger partial charge in [0, 0.05) is 10.8 Å². The molecule has 0 aromatic carbocycles. The van der Waals surface area contributed by atoms with E-state index in [-0.39, 0.29) is 10.8 Å². The fraction of sp³-hybridized carbons (Fsp3) is 0.800. The first kappa shape index (κ1) is 16.2. The van der Waals surface area contributed by atoms with Gasteiger partial charge >= 0.3 is 0 Å². The molecular formula is C15H29NO. The quantitative estimate of drug-likeness (QED) is 0.315. The molecule has 0 aromatic rings. The third-order valence-corrected chi connectivity index (χ3v) is 3.82. The van der Waals surface area contributed by atoms with E-state index >= 15 is 0 Å². The number of hydrogen-bond acceptors (Lipinski definition) is 2. The highest BCUT2D eigenvalue weighted by Crippen LogP contribution is 2.38. The Morgan fingerprint density at radius 2 is 1.65 bits per heavy atom. The minimum Gasteiger partial charge on any atom is -0.411 e. The number of nitrogens with zero attached hydrogens (tertiary/aromatic N) is 1. The van der Waals surface area contributed by atoms with E-state index in [0.717, 1.165) is 12.1 Å². The zero-order valence-corrected chi connectivity index (χ0v) is 12.8. The second kappa shape index (κ2) is 5.70. The summed E-state index contributed by atoms with van der Waals surface area (Å²) in [6.45, 7) is 17.1. The second-order valence-corrected chi connectivity index (χ2v) is 6.69. The van der Waals surface area contributed by atoms with E-state index in [2.05, 4.69) is 66.6 Å². The van der Waals surface area contributed by atoms with E-state index in [0.29, 0.717) is 5.92 Å². The SMILES string of the molecule is CC(C)=CCC(C)(C)/C(=N\O)C(C)(C)C(C)C. The summed E-state index contributed by atoms with van der Waals surface area (Å²) < 4.78 is 0. The van der Waals surface area contributed by atoms with Crippen molar-refractivity contribution < 1.29 is 5.21 Å². The standard InChI is InChI=1S/C15H29NO/c1-11(2)9-10-14(5,6)13(16-17)15(7,8)12(3)4/h9,12,17H,10H2,1-8H3/b16-13+. The molecule has 0 saturated carbocycles. The Bertz CT molecular complexity index is 305. The predicted octanol–water partition coefficient (Wildman–Crippen LogP) is 4.88. The van der Waals surface area contributed by atoms with Crippen LogP contribution < -0.4 is 0 Å². The molecule has 0 aliphatic heterocycles. The van der Waals surface area contributed by atoms with Crippen molar-refractivity contribution in [3.8, 4) is 0 Å². The first-order chi connectivity index (χ1) is 7.55. The Kier molecular flexibility index (Phi) is 5.44. The summed E-state index contributed by atoms with van der Waals surface area (Å²) in [5.41, 5.74) is 1.99. The molecule has 0 aliphatic rings. The van der Waals surface area contributed by atoms with Gasteiger partial charge in [-0.05, 0) is 26.2 Å². The maximum Gasteiger partial charge on any atom is 0.0688 e. The molecule has 0 rings (SSSR count). The minimum atomic E-state index is -0.111. The molecule has 0 radical (unpaired) electrons.